The molecule has 0 amide bonds. The molecule has 17 heavy (non-hydrogen) atoms. The Kier molecular flexibility index (Phi) is 3.51. The van der Waals surface area contributed by atoms with E-state index in [9.17, 15) is 0 Å². The van der Waals surface area contributed by atoms with Crippen LogP contribution in [0.15, 0.2) is 12.4 Å². The van der Waals surface area contributed by atoms with Gasteiger partial charge in [-0.15, -0.1) is 0 Å². The lowest BCUT2D eigenvalue weighted by atomic mass is 9.83. The van der Waals surface area contributed by atoms with Gasteiger partial charge in [0.25, 0.3) is 0 Å². The third-order valence-electron chi connectivity index (χ3n) is 4.02. The van der Waals surface area contributed by atoms with Crippen molar-refractivity contribution in [2.24, 2.45) is 24.7 Å². The molecule has 2 rings (SSSR count). The van der Waals surface area contributed by atoms with Gasteiger partial charge in [-0.1, -0.05) is 6.92 Å². The first-order valence-electron chi connectivity index (χ1n) is 6.15. The Labute approximate surface area is 102 Å². The van der Waals surface area contributed by atoms with Crippen LogP contribution in [0.25, 0.3) is 0 Å². The summed E-state index contributed by atoms with van der Waals surface area (Å²) in [6, 6.07) is 0.0324. The molecule has 0 aromatic carbocycles. The van der Waals surface area contributed by atoms with Crippen molar-refractivity contribution in [3.05, 3.63) is 18.2 Å². The molecule has 1 aromatic rings. The number of imidazole rings is 1. The second kappa shape index (κ2) is 4.76. The summed E-state index contributed by atoms with van der Waals surface area (Å²) < 4.78 is 7.88. The number of rotatable bonds is 3. The van der Waals surface area contributed by atoms with E-state index in [-0.39, 0.29) is 18.2 Å². The average Bonchev–Trinajstić information content (AvgIpc) is 2.79. The van der Waals surface area contributed by atoms with Crippen molar-refractivity contribution >= 4 is 0 Å². The van der Waals surface area contributed by atoms with Crippen molar-refractivity contribution in [2.45, 2.75) is 39.0 Å². The van der Waals surface area contributed by atoms with Crippen LogP contribution < -0.4 is 11.3 Å². The van der Waals surface area contributed by atoms with Crippen molar-refractivity contribution in [2.75, 3.05) is 0 Å². The minimum absolute atomic E-state index is 0.0324. The molecular formula is C12H22N4O. The van der Waals surface area contributed by atoms with E-state index in [1.165, 1.54) is 0 Å². The van der Waals surface area contributed by atoms with Gasteiger partial charge in [0.05, 0.1) is 18.2 Å². The fourth-order valence-corrected chi connectivity index (χ4v) is 2.90. The first-order valence-corrected chi connectivity index (χ1v) is 6.15. The lowest BCUT2D eigenvalue weighted by molar-refractivity contribution is 0.0470. The summed E-state index contributed by atoms with van der Waals surface area (Å²) in [5.74, 6) is 7.49. The molecule has 96 valence electrons. The lowest BCUT2D eigenvalue weighted by Crippen LogP contribution is -2.40. The summed E-state index contributed by atoms with van der Waals surface area (Å²) in [6.45, 7) is 6.44. The molecule has 1 fully saturated rings. The van der Waals surface area contributed by atoms with Crippen LogP contribution in [0, 0.1) is 11.8 Å². The molecule has 5 atom stereocenters. The maximum Gasteiger partial charge on any atom is 0.127 e. The zero-order valence-corrected chi connectivity index (χ0v) is 10.9. The summed E-state index contributed by atoms with van der Waals surface area (Å²) in [4.78, 5) is 4.39. The van der Waals surface area contributed by atoms with E-state index < -0.39 is 0 Å². The molecule has 0 spiro atoms. The summed E-state index contributed by atoms with van der Waals surface area (Å²) in [7, 11) is 1.99. The standard InChI is InChI=1S/C12H22N4O/c1-7-8(2)17-9(3)10(7)11(15-13)12-14-5-6-16(12)4/h5-11,15H,13H2,1-4H3. The number of hydrogen-bond acceptors (Lipinski definition) is 4. The van der Waals surface area contributed by atoms with Crippen LogP contribution in [0.4, 0.5) is 0 Å². The Morgan fingerprint density at radius 1 is 1.41 bits per heavy atom. The number of hydrazine groups is 1. The molecular weight excluding hydrogens is 216 g/mol. The Bertz CT molecular complexity index is 378. The Morgan fingerprint density at radius 3 is 2.53 bits per heavy atom. The van der Waals surface area contributed by atoms with E-state index in [2.05, 4.69) is 31.2 Å². The van der Waals surface area contributed by atoms with Crippen molar-refractivity contribution < 1.29 is 4.74 Å². The maximum absolute atomic E-state index is 5.87. The number of hydrogen-bond donors (Lipinski definition) is 2. The van der Waals surface area contributed by atoms with Gasteiger partial charge < -0.3 is 9.30 Å². The number of aryl methyl sites for hydroxylation is 1. The molecule has 0 aliphatic carbocycles. The Hall–Kier alpha value is -0.910. The topological polar surface area (TPSA) is 65.1 Å². The van der Waals surface area contributed by atoms with Crippen LogP contribution in [0.3, 0.4) is 0 Å². The van der Waals surface area contributed by atoms with Crippen LogP contribution in [0.1, 0.15) is 32.6 Å². The van der Waals surface area contributed by atoms with Crippen LogP contribution >= 0.6 is 0 Å². The quantitative estimate of drug-likeness (QED) is 0.608. The summed E-state index contributed by atoms with van der Waals surface area (Å²) >= 11 is 0. The lowest BCUT2D eigenvalue weighted by Gasteiger charge is -2.27. The van der Waals surface area contributed by atoms with Gasteiger partial charge >= 0.3 is 0 Å². The predicted octanol–water partition coefficient (Wildman–Crippen LogP) is 0.984. The molecule has 5 unspecified atom stereocenters. The molecule has 5 heteroatoms. The largest absolute Gasteiger partial charge is 0.375 e. The predicted molar refractivity (Wildman–Crippen MR) is 65.9 cm³/mol. The van der Waals surface area contributed by atoms with Crippen LogP contribution in [-0.4, -0.2) is 21.8 Å². The van der Waals surface area contributed by atoms with Crippen LogP contribution in [-0.2, 0) is 11.8 Å². The van der Waals surface area contributed by atoms with Gasteiger partial charge in [0.1, 0.15) is 5.82 Å². The third-order valence-corrected chi connectivity index (χ3v) is 4.02. The minimum atomic E-state index is 0.0324. The van der Waals surface area contributed by atoms with Crippen molar-refractivity contribution in [1.82, 2.24) is 15.0 Å². The number of nitrogens with zero attached hydrogens (tertiary/aromatic N) is 2. The molecule has 1 aliphatic rings. The highest BCUT2D eigenvalue weighted by Gasteiger charge is 2.43. The van der Waals surface area contributed by atoms with Crippen molar-refractivity contribution in [3.63, 3.8) is 0 Å². The first-order chi connectivity index (χ1) is 8.06. The van der Waals surface area contributed by atoms with E-state index in [1.54, 1.807) is 6.20 Å². The highest BCUT2D eigenvalue weighted by Crippen LogP contribution is 2.39. The third kappa shape index (κ3) is 2.10. The minimum Gasteiger partial charge on any atom is -0.375 e. The van der Waals surface area contributed by atoms with Crippen molar-refractivity contribution in [1.29, 1.82) is 0 Å². The van der Waals surface area contributed by atoms with Crippen molar-refractivity contribution in [3.8, 4) is 0 Å². The normalized spacial score (nSPS) is 35.1. The fourth-order valence-electron chi connectivity index (χ4n) is 2.90. The van der Waals surface area contributed by atoms with E-state index in [1.807, 2.05) is 17.8 Å². The Morgan fingerprint density at radius 2 is 2.12 bits per heavy atom. The van der Waals surface area contributed by atoms with Gasteiger partial charge in [0, 0.05) is 25.4 Å². The SMILES string of the molecule is CC1OC(C)C(C(NN)c2nccn2C)C1C. The molecule has 0 radical (unpaired) electrons. The molecule has 0 bridgehead atoms. The summed E-state index contributed by atoms with van der Waals surface area (Å²) in [5.41, 5.74) is 2.91. The second-order valence-corrected chi connectivity index (χ2v) is 5.02. The summed E-state index contributed by atoms with van der Waals surface area (Å²) in [5, 5.41) is 0. The number of nitrogens with one attached hydrogen (secondary N) is 1. The van der Waals surface area contributed by atoms with E-state index in [0.29, 0.717) is 11.8 Å². The molecule has 1 saturated heterocycles. The van der Waals surface area contributed by atoms with Gasteiger partial charge in [-0.3, -0.25) is 5.84 Å². The Balaban J connectivity index is 2.27. The summed E-state index contributed by atoms with van der Waals surface area (Å²) in [6.07, 6.45) is 4.20. The van der Waals surface area contributed by atoms with Crippen LogP contribution in [0.2, 0.25) is 0 Å². The second-order valence-electron chi connectivity index (χ2n) is 5.02. The van der Waals surface area contributed by atoms with Gasteiger partial charge in [-0.25, -0.2) is 10.4 Å². The zero-order valence-electron chi connectivity index (χ0n) is 10.9. The molecule has 2 heterocycles. The molecule has 1 aliphatic heterocycles. The van der Waals surface area contributed by atoms with Gasteiger partial charge in [-0.2, -0.15) is 0 Å². The van der Waals surface area contributed by atoms with Gasteiger partial charge in [0.2, 0.25) is 0 Å². The fraction of sp³-hybridized carbons (Fsp3) is 0.750. The number of ether oxygens (including phenoxy) is 1. The monoisotopic (exact) mass is 238 g/mol. The highest BCUT2D eigenvalue weighted by atomic mass is 16.5. The van der Waals surface area contributed by atoms with E-state index >= 15 is 0 Å². The van der Waals surface area contributed by atoms with Gasteiger partial charge in [0.15, 0.2) is 0 Å². The maximum atomic E-state index is 5.87. The smallest absolute Gasteiger partial charge is 0.127 e. The highest BCUT2D eigenvalue weighted by molar-refractivity contribution is 5.04. The average molecular weight is 238 g/mol. The van der Waals surface area contributed by atoms with E-state index in [0.717, 1.165) is 5.82 Å². The number of aromatic nitrogens is 2. The molecule has 1 aromatic heterocycles. The molecule has 5 nitrogen and oxygen atoms in total. The molecule has 0 saturated carbocycles. The molecule has 3 N–H and O–H groups in total. The number of nitrogens with two attached hydrogens (primary N) is 1. The zero-order chi connectivity index (χ0) is 12.6. The van der Waals surface area contributed by atoms with Crippen LogP contribution in [0.5, 0.6) is 0 Å². The van der Waals surface area contributed by atoms with E-state index in [4.69, 9.17) is 10.6 Å². The first kappa shape index (κ1) is 12.5. The van der Waals surface area contributed by atoms with Gasteiger partial charge in [-0.05, 0) is 19.8 Å².